The van der Waals surface area contributed by atoms with Gasteiger partial charge in [0.1, 0.15) is 0 Å². The van der Waals surface area contributed by atoms with E-state index in [0.29, 0.717) is 0 Å². The van der Waals surface area contributed by atoms with E-state index in [-0.39, 0.29) is 0 Å². The van der Waals surface area contributed by atoms with Gasteiger partial charge in [0.2, 0.25) is 0 Å². The number of rotatable bonds is 24. The van der Waals surface area contributed by atoms with Gasteiger partial charge in [-0.2, -0.15) is 0 Å². The number of unbranched alkanes of at least 4 members (excludes halogenated alkanes) is 16. The summed E-state index contributed by atoms with van der Waals surface area (Å²) in [5, 5.41) is 0. The van der Waals surface area contributed by atoms with Crippen molar-refractivity contribution in [2.45, 2.75) is 156 Å². The highest BCUT2D eigenvalue weighted by Crippen LogP contribution is 2.20. The Bertz CT molecular complexity index is 263. The molecule has 170 valence electrons. The van der Waals surface area contributed by atoms with Crippen molar-refractivity contribution < 1.29 is 4.74 Å². The molecule has 0 radical (unpaired) electrons. The van der Waals surface area contributed by atoms with Gasteiger partial charge < -0.3 is 4.74 Å². The van der Waals surface area contributed by atoms with Crippen LogP contribution in [0.2, 0.25) is 0 Å². The summed E-state index contributed by atoms with van der Waals surface area (Å²) in [4.78, 5) is 0. The lowest BCUT2D eigenvalue weighted by molar-refractivity contribution is 0.0881. The molecule has 0 bridgehead atoms. The Labute approximate surface area is 179 Å². The fraction of sp³-hybridized carbons (Fsp3) is 1.00. The van der Waals surface area contributed by atoms with E-state index in [2.05, 4.69) is 20.8 Å². The monoisotopic (exact) mass is 396 g/mol. The van der Waals surface area contributed by atoms with E-state index < -0.39 is 0 Å². The van der Waals surface area contributed by atoms with E-state index in [9.17, 15) is 0 Å². The largest absolute Gasteiger partial charge is 0.381 e. The van der Waals surface area contributed by atoms with Crippen LogP contribution in [0.15, 0.2) is 0 Å². The molecule has 0 aromatic heterocycles. The summed E-state index contributed by atoms with van der Waals surface area (Å²) in [6.07, 6.45) is 29.6. The smallest absolute Gasteiger partial charge is 0.0494 e. The van der Waals surface area contributed by atoms with E-state index in [0.717, 1.165) is 19.1 Å². The average molecular weight is 397 g/mol. The van der Waals surface area contributed by atoms with Crippen LogP contribution in [-0.2, 0) is 4.74 Å². The Hall–Kier alpha value is -0.0400. The van der Waals surface area contributed by atoms with Gasteiger partial charge in [-0.15, -0.1) is 0 Å². The molecule has 0 saturated carbocycles. The van der Waals surface area contributed by atoms with Gasteiger partial charge in [-0.25, -0.2) is 0 Å². The minimum absolute atomic E-state index is 0.821. The van der Waals surface area contributed by atoms with Crippen molar-refractivity contribution in [2.24, 2.45) is 5.92 Å². The maximum absolute atomic E-state index is 6.04. The van der Waals surface area contributed by atoms with E-state index in [1.165, 1.54) is 135 Å². The lowest BCUT2D eigenvalue weighted by Crippen LogP contribution is -2.11. The first kappa shape index (κ1) is 28.0. The van der Waals surface area contributed by atoms with Crippen molar-refractivity contribution in [3.63, 3.8) is 0 Å². The molecule has 1 heteroatoms. The summed E-state index contributed by atoms with van der Waals surface area (Å²) >= 11 is 0. The van der Waals surface area contributed by atoms with Crippen molar-refractivity contribution in [3.8, 4) is 0 Å². The number of hydrogen-bond donors (Lipinski definition) is 0. The quantitative estimate of drug-likeness (QED) is 0.147. The highest BCUT2D eigenvalue weighted by Gasteiger charge is 2.09. The fourth-order valence-corrected chi connectivity index (χ4v) is 4.15. The Morgan fingerprint density at radius 1 is 0.429 bits per heavy atom. The molecule has 0 aliphatic carbocycles. The van der Waals surface area contributed by atoms with E-state index in [1.54, 1.807) is 0 Å². The topological polar surface area (TPSA) is 9.23 Å². The van der Waals surface area contributed by atoms with Gasteiger partial charge in [0.25, 0.3) is 0 Å². The van der Waals surface area contributed by atoms with Gasteiger partial charge in [-0.05, 0) is 25.2 Å². The Balaban J connectivity index is 3.74. The van der Waals surface area contributed by atoms with Crippen LogP contribution >= 0.6 is 0 Å². The predicted molar refractivity (Wildman–Crippen MR) is 128 cm³/mol. The second kappa shape index (κ2) is 25.0. The Morgan fingerprint density at radius 3 is 1.21 bits per heavy atom. The molecule has 1 atom stereocenters. The molecule has 0 aromatic carbocycles. The molecule has 28 heavy (non-hydrogen) atoms. The lowest BCUT2D eigenvalue weighted by Gasteiger charge is -2.17. The van der Waals surface area contributed by atoms with E-state index >= 15 is 0 Å². The summed E-state index contributed by atoms with van der Waals surface area (Å²) in [7, 11) is 0. The SMILES string of the molecule is CCCCCCCCCCCC(CCCCCCCCC)COCCCCC. The highest BCUT2D eigenvalue weighted by atomic mass is 16.5. The van der Waals surface area contributed by atoms with Crippen LogP contribution in [0.4, 0.5) is 0 Å². The van der Waals surface area contributed by atoms with Gasteiger partial charge >= 0.3 is 0 Å². The van der Waals surface area contributed by atoms with Crippen LogP contribution in [0.25, 0.3) is 0 Å². The molecule has 0 N–H and O–H groups in total. The zero-order valence-electron chi connectivity index (χ0n) is 20.2. The van der Waals surface area contributed by atoms with Crippen molar-refractivity contribution in [1.82, 2.24) is 0 Å². The molecule has 0 fully saturated rings. The molecule has 0 aliphatic rings. The standard InChI is InChI=1S/C27H56O/c1-4-7-10-12-14-15-17-19-21-24-27(26-28-25-22-9-6-3)23-20-18-16-13-11-8-5-2/h27H,4-26H2,1-3H3. The van der Waals surface area contributed by atoms with Gasteiger partial charge in [0.05, 0.1) is 0 Å². The van der Waals surface area contributed by atoms with Crippen molar-refractivity contribution in [3.05, 3.63) is 0 Å². The summed E-state index contributed by atoms with van der Waals surface area (Å²) in [6.45, 7) is 8.89. The first-order valence-corrected chi connectivity index (χ1v) is 13.4. The molecule has 0 aromatic rings. The van der Waals surface area contributed by atoms with Crippen molar-refractivity contribution >= 4 is 0 Å². The third kappa shape index (κ3) is 22.3. The average Bonchev–Trinajstić information content (AvgIpc) is 2.71. The first-order chi connectivity index (χ1) is 13.8. The molecule has 1 nitrogen and oxygen atoms in total. The predicted octanol–water partition coefficient (Wildman–Crippen LogP) is 9.87. The van der Waals surface area contributed by atoms with Crippen LogP contribution in [0.3, 0.4) is 0 Å². The molecular weight excluding hydrogens is 340 g/mol. The van der Waals surface area contributed by atoms with Crippen molar-refractivity contribution in [2.75, 3.05) is 13.2 Å². The molecule has 1 unspecified atom stereocenters. The zero-order valence-corrected chi connectivity index (χ0v) is 20.2. The molecule has 0 aliphatic heterocycles. The first-order valence-electron chi connectivity index (χ1n) is 13.4. The number of ether oxygens (including phenoxy) is 1. The van der Waals surface area contributed by atoms with E-state index in [1.807, 2.05) is 0 Å². The molecule has 0 rings (SSSR count). The molecule has 0 saturated heterocycles. The second-order valence-electron chi connectivity index (χ2n) is 9.18. The summed E-state index contributed by atoms with van der Waals surface area (Å²) < 4.78 is 6.04. The van der Waals surface area contributed by atoms with Gasteiger partial charge in [-0.3, -0.25) is 0 Å². The lowest BCUT2D eigenvalue weighted by atomic mass is 9.94. The van der Waals surface area contributed by atoms with E-state index in [4.69, 9.17) is 4.74 Å². The summed E-state index contributed by atoms with van der Waals surface area (Å²) in [5.41, 5.74) is 0. The zero-order chi connectivity index (χ0) is 20.5. The van der Waals surface area contributed by atoms with Crippen LogP contribution in [-0.4, -0.2) is 13.2 Å². The number of hydrogen-bond acceptors (Lipinski definition) is 1. The van der Waals surface area contributed by atoms with Crippen LogP contribution in [0.1, 0.15) is 156 Å². The highest BCUT2D eigenvalue weighted by molar-refractivity contribution is 4.61. The molecule has 0 spiro atoms. The fourth-order valence-electron chi connectivity index (χ4n) is 4.15. The maximum Gasteiger partial charge on any atom is 0.0494 e. The minimum Gasteiger partial charge on any atom is -0.381 e. The summed E-state index contributed by atoms with van der Waals surface area (Å²) in [6, 6.07) is 0. The normalized spacial score (nSPS) is 12.5. The van der Waals surface area contributed by atoms with Crippen LogP contribution in [0.5, 0.6) is 0 Å². The van der Waals surface area contributed by atoms with Crippen LogP contribution in [0, 0.1) is 5.92 Å². The van der Waals surface area contributed by atoms with Crippen LogP contribution < -0.4 is 0 Å². The minimum atomic E-state index is 0.821. The second-order valence-corrected chi connectivity index (χ2v) is 9.18. The Kier molecular flexibility index (Phi) is 25.0. The molecular formula is C27H56O. The van der Waals surface area contributed by atoms with Crippen molar-refractivity contribution in [1.29, 1.82) is 0 Å². The van der Waals surface area contributed by atoms with Gasteiger partial charge in [0, 0.05) is 13.2 Å². The maximum atomic E-state index is 6.04. The third-order valence-corrected chi connectivity index (χ3v) is 6.18. The Morgan fingerprint density at radius 2 is 0.786 bits per heavy atom. The molecule has 0 heterocycles. The summed E-state index contributed by atoms with van der Waals surface area (Å²) in [5.74, 6) is 0.821. The van der Waals surface area contributed by atoms with Gasteiger partial charge in [-0.1, -0.05) is 136 Å². The molecule has 0 amide bonds. The third-order valence-electron chi connectivity index (χ3n) is 6.18. The van der Waals surface area contributed by atoms with Gasteiger partial charge in [0.15, 0.2) is 0 Å².